The van der Waals surface area contributed by atoms with Crippen LogP contribution in [0.5, 0.6) is 11.5 Å². The van der Waals surface area contributed by atoms with E-state index < -0.39 is 12.0 Å². The van der Waals surface area contributed by atoms with Crippen molar-refractivity contribution in [2.45, 2.75) is 24.9 Å². The number of carboxylic acid groups (broad SMARTS) is 1. The van der Waals surface area contributed by atoms with Crippen molar-refractivity contribution in [2.24, 2.45) is 0 Å². The average Bonchev–Trinajstić information content (AvgIpc) is 3.28. The number of nitrogens with zero attached hydrogens (tertiary/aromatic N) is 1. The SMILES string of the molecule is COc1cc(Br)c(C(c2cccs2)N2CCCC2C(=O)O)cc1OC. The minimum Gasteiger partial charge on any atom is -0.493 e. The number of aliphatic carboxylic acids is 1. The molecule has 0 saturated carbocycles. The number of benzene rings is 1. The standard InChI is InChI=1S/C18H20BrNO4S/c1-23-14-9-11(12(19)10-15(14)24-2)17(16-6-4-8-25-16)20-7-3-5-13(20)18(21)22/h4,6,8-10,13,17H,3,5,7H2,1-2H3,(H,21,22). The lowest BCUT2D eigenvalue weighted by Crippen LogP contribution is -2.39. The fourth-order valence-electron chi connectivity index (χ4n) is 3.38. The zero-order chi connectivity index (χ0) is 18.0. The van der Waals surface area contributed by atoms with Gasteiger partial charge in [-0.1, -0.05) is 22.0 Å². The maximum absolute atomic E-state index is 11.7. The van der Waals surface area contributed by atoms with Crippen LogP contribution in [-0.2, 0) is 4.79 Å². The normalized spacial score (nSPS) is 18.9. The summed E-state index contributed by atoms with van der Waals surface area (Å²) >= 11 is 5.27. The van der Waals surface area contributed by atoms with Gasteiger partial charge in [-0.2, -0.15) is 0 Å². The molecule has 1 saturated heterocycles. The Morgan fingerprint density at radius 2 is 2.08 bits per heavy atom. The van der Waals surface area contributed by atoms with Crippen molar-refractivity contribution in [3.8, 4) is 11.5 Å². The van der Waals surface area contributed by atoms with Gasteiger partial charge in [0.1, 0.15) is 6.04 Å². The molecule has 0 radical (unpaired) electrons. The van der Waals surface area contributed by atoms with E-state index in [-0.39, 0.29) is 6.04 Å². The molecule has 1 aromatic heterocycles. The number of hydrogen-bond donors (Lipinski definition) is 1. The van der Waals surface area contributed by atoms with Crippen LogP contribution in [-0.4, -0.2) is 42.8 Å². The van der Waals surface area contributed by atoms with Crippen LogP contribution in [0.4, 0.5) is 0 Å². The van der Waals surface area contributed by atoms with E-state index in [9.17, 15) is 9.90 Å². The number of thiophene rings is 1. The molecule has 1 aromatic carbocycles. The van der Waals surface area contributed by atoms with E-state index in [0.717, 1.165) is 27.9 Å². The molecule has 1 aliphatic rings. The molecular formula is C18H20BrNO4S. The highest BCUT2D eigenvalue weighted by Gasteiger charge is 2.38. The predicted octanol–water partition coefficient (Wildman–Crippen LogP) is 4.17. The maximum Gasteiger partial charge on any atom is 0.320 e. The molecule has 3 rings (SSSR count). The Hall–Kier alpha value is -1.57. The van der Waals surface area contributed by atoms with Crippen LogP contribution < -0.4 is 9.47 Å². The predicted molar refractivity (Wildman–Crippen MR) is 101 cm³/mol. The smallest absolute Gasteiger partial charge is 0.320 e. The summed E-state index contributed by atoms with van der Waals surface area (Å²) in [4.78, 5) is 14.9. The number of hydrogen-bond acceptors (Lipinski definition) is 5. The first kappa shape index (κ1) is 18.2. The molecule has 5 nitrogen and oxygen atoms in total. The lowest BCUT2D eigenvalue weighted by Gasteiger charge is -2.32. The van der Waals surface area contributed by atoms with Gasteiger partial charge in [-0.3, -0.25) is 9.69 Å². The number of likely N-dealkylation sites (tertiary alicyclic amines) is 1. The van der Waals surface area contributed by atoms with E-state index >= 15 is 0 Å². The minimum absolute atomic E-state index is 0.141. The summed E-state index contributed by atoms with van der Waals surface area (Å²) in [6, 6.07) is 7.24. The van der Waals surface area contributed by atoms with E-state index in [1.54, 1.807) is 25.6 Å². The number of rotatable bonds is 6. The number of methoxy groups -OCH3 is 2. The first-order valence-electron chi connectivity index (χ1n) is 8.00. The average molecular weight is 426 g/mol. The highest BCUT2D eigenvalue weighted by atomic mass is 79.9. The molecule has 0 amide bonds. The maximum atomic E-state index is 11.7. The van der Waals surface area contributed by atoms with Gasteiger partial charge in [0, 0.05) is 15.9 Å². The summed E-state index contributed by atoms with van der Waals surface area (Å²) < 4.78 is 11.7. The van der Waals surface area contributed by atoms with Crippen molar-refractivity contribution >= 4 is 33.2 Å². The Morgan fingerprint density at radius 3 is 2.68 bits per heavy atom. The molecule has 2 aromatic rings. The topological polar surface area (TPSA) is 59.0 Å². The Labute approximate surface area is 159 Å². The number of carbonyl (C=O) groups is 1. The molecule has 2 heterocycles. The highest BCUT2D eigenvalue weighted by molar-refractivity contribution is 9.10. The van der Waals surface area contributed by atoms with Gasteiger partial charge in [-0.05, 0) is 42.0 Å². The van der Waals surface area contributed by atoms with Crippen LogP contribution in [0.2, 0.25) is 0 Å². The first-order valence-corrected chi connectivity index (χ1v) is 9.67. The first-order chi connectivity index (χ1) is 12.1. The van der Waals surface area contributed by atoms with Gasteiger partial charge in [0.25, 0.3) is 0 Å². The monoisotopic (exact) mass is 425 g/mol. The molecule has 7 heteroatoms. The van der Waals surface area contributed by atoms with Crippen molar-refractivity contribution in [1.29, 1.82) is 0 Å². The van der Waals surface area contributed by atoms with Crippen LogP contribution in [0.25, 0.3) is 0 Å². The molecule has 2 atom stereocenters. The van der Waals surface area contributed by atoms with Crippen molar-refractivity contribution in [2.75, 3.05) is 20.8 Å². The second-order valence-corrected chi connectivity index (χ2v) is 7.71. The quantitative estimate of drug-likeness (QED) is 0.752. The van der Waals surface area contributed by atoms with Crippen LogP contribution >= 0.6 is 27.3 Å². The van der Waals surface area contributed by atoms with E-state index in [4.69, 9.17) is 9.47 Å². The Morgan fingerprint density at radius 1 is 1.36 bits per heavy atom. The molecule has 0 bridgehead atoms. The fraction of sp³-hybridized carbons (Fsp3) is 0.389. The molecule has 0 aliphatic carbocycles. The molecule has 1 fully saturated rings. The third-order valence-electron chi connectivity index (χ3n) is 4.52. The van der Waals surface area contributed by atoms with Crippen molar-refractivity contribution < 1.29 is 19.4 Å². The number of carboxylic acids is 1. The molecule has 0 spiro atoms. The number of ether oxygens (including phenoxy) is 2. The van der Waals surface area contributed by atoms with Gasteiger partial charge in [-0.15, -0.1) is 11.3 Å². The van der Waals surface area contributed by atoms with Gasteiger partial charge >= 0.3 is 5.97 Å². The van der Waals surface area contributed by atoms with Gasteiger partial charge in [0.2, 0.25) is 0 Å². The lowest BCUT2D eigenvalue weighted by molar-refractivity contribution is -0.142. The number of halogens is 1. The summed E-state index contributed by atoms with van der Waals surface area (Å²) in [5.41, 5.74) is 0.980. The van der Waals surface area contributed by atoms with Crippen LogP contribution in [0.15, 0.2) is 34.1 Å². The van der Waals surface area contributed by atoms with Gasteiger partial charge in [0.05, 0.1) is 20.3 Å². The van der Waals surface area contributed by atoms with E-state index in [1.807, 2.05) is 23.6 Å². The molecule has 25 heavy (non-hydrogen) atoms. The van der Waals surface area contributed by atoms with Gasteiger partial charge < -0.3 is 14.6 Å². The molecular weight excluding hydrogens is 406 g/mol. The second kappa shape index (κ2) is 7.76. The van der Waals surface area contributed by atoms with Gasteiger partial charge in [-0.25, -0.2) is 0 Å². The van der Waals surface area contributed by atoms with E-state index in [2.05, 4.69) is 26.9 Å². The second-order valence-electron chi connectivity index (χ2n) is 5.88. The van der Waals surface area contributed by atoms with Crippen molar-refractivity contribution in [3.63, 3.8) is 0 Å². The van der Waals surface area contributed by atoms with Crippen LogP contribution in [0, 0.1) is 0 Å². The largest absolute Gasteiger partial charge is 0.493 e. The van der Waals surface area contributed by atoms with Crippen LogP contribution in [0.1, 0.15) is 29.3 Å². The highest BCUT2D eigenvalue weighted by Crippen LogP contribution is 2.43. The minimum atomic E-state index is -0.768. The summed E-state index contributed by atoms with van der Waals surface area (Å²) in [5.74, 6) is 0.503. The third-order valence-corrected chi connectivity index (χ3v) is 6.13. The Bertz CT molecular complexity index is 750. The van der Waals surface area contributed by atoms with E-state index in [1.165, 1.54) is 0 Å². The van der Waals surface area contributed by atoms with E-state index in [0.29, 0.717) is 17.9 Å². The summed E-state index contributed by atoms with van der Waals surface area (Å²) in [6.07, 6.45) is 1.55. The molecule has 134 valence electrons. The summed E-state index contributed by atoms with van der Waals surface area (Å²) in [5, 5.41) is 11.7. The fourth-order valence-corrected chi connectivity index (χ4v) is 4.79. The lowest BCUT2D eigenvalue weighted by atomic mass is 10.0. The zero-order valence-electron chi connectivity index (χ0n) is 14.1. The van der Waals surface area contributed by atoms with Crippen molar-refractivity contribution in [3.05, 3.63) is 44.6 Å². The Kier molecular flexibility index (Phi) is 5.66. The summed E-state index contributed by atoms with van der Waals surface area (Å²) in [7, 11) is 3.20. The summed E-state index contributed by atoms with van der Waals surface area (Å²) in [6.45, 7) is 0.750. The van der Waals surface area contributed by atoms with Crippen molar-refractivity contribution in [1.82, 2.24) is 4.90 Å². The third kappa shape index (κ3) is 3.54. The zero-order valence-corrected chi connectivity index (χ0v) is 16.5. The van der Waals surface area contributed by atoms with Crippen LogP contribution in [0.3, 0.4) is 0 Å². The van der Waals surface area contributed by atoms with Gasteiger partial charge in [0.15, 0.2) is 11.5 Å². The molecule has 1 N–H and O–H groups in total. The molecule has 2 unspecified atom stereocenters. The Balaban J connectivity index is 2.12. The molecule has 1 aliphatic heterocycles.